The average Bonchev–Trinajstić information content (AvgIpc) is 3.21. The lowest BCUT2D eigenvalue weighted by atomic mass is 9.92. The fraction of sp³-hybridized carbons (Fsp3) is 0.889. The molecule has 0 radical (unpaired) electrons. The average molecular weight is 402 g/mol. The number of rotatable bonds is 3. The van der Waals surface area contributed by atoms with Gasteiger partial charge >= 0.3 is 12.1 Å². The predicted molar refractivity (Wildman–Crippen MR) is 88.9 cm³/mol. The molecule has 0 aromatic carbocycles. The van der Waals surface area contributed by atoms with E-state index in [4.69, 9.17) is 37.9 Å². The zero-order valence-electron chi connectivity index (χ0n) is 16.6. The number of hydrogen-bond acceptors (Lipinski definition) is 10. The van der Waals surface area contributed by atoms with E-state index in [1.807, 2.05) is 13.8 Å². The molecule has 2 unspecified atom stereocenters. The Balaban J connectivity index is 1.48. The summed E-state index contributed by atoms with van der Waals surface area (Å²) in [6.45, 7) is 8.86. The monoisotopic (exact) mass is 402 g/mol. The molecule has 0 N–H and O–H groups in total. The summed E-state index contributed by atoms with van der Waals surface area (Å²) in [5.41, 5.74) is -1.13. The molecule has 4 aliphatic rings. The third-order valence-corrected chi connectivity index (χ3v) is 5.18. The lowest BCUT2D eigenvalue weighted by Crippen LogP contribution is -2.46. The molecule has 10 heteroatoms. The smallest absolute Gasteiger partial charge is 0.433 e. The summed E-state index contributed by atoms with van der Waals surface area (Å²) < 4.78 is 44.7. The van der Waals surface area contributed by atoms with Gasteiger partial charge in [-0.15, -0.1) is 0 Å². The van der Waals surface area contributed by atoms with Gasteiger partial charge in [-0.25, -0.2) is 4.79 Å². The lowest BCUT2D eigenvalue weighted by molar-refractivity contribution is -0.249. The zero-order chi connectivity index (χ0) is 20.3. The maximum atomic E-state index is 12.7. The third-order valence-electron chi connectivity index (χ3n) is 5.18. The summed E-state index contributed by atoms with van der Waals surface area (Å²) in [6, 6.07) is 0. The van der Waals surface area contributed by atoms with Gasteiger partial charge in [-0.2, -0.15) is 0 Å². The number of esters is 1. The molecule has 0 aliphatic carbocycles. The van der Waals surface area contributed by atoms with Crippen molar-refractivity contribution >= 4 is 12.1 Å². The Hall–Kier alpha value is -1.46. The highest BCUT2D eigenvalue weighted by Crippen LogP contribution is 2.43. The topological polar surface area (TPSA) is 108 Å². The first-order chi connectivity index (χ1) is 13.0. The molecule has 0 spiro atoms. The van der Waals surface area contributed by atoms with E-state index in [1.54, 1.807) is 20.8 Å². The van der Waals surface area contributed by atoms with E-state index in [0.29, 0.717) is 6.61 Å². The first kappa shape index (κ1) is 19.8. The Morgan fingerprint density at radius 3 is 2.18 bits per heavy atom. The van der Waals surface area contributed by atoms with Crippen LogP contribution in [-0.4, -0.2) is 74.2 Å². The molecule has 0 aromatic heterocycles. The van der Waals surface area contributed by atoms with Gasteiger partial charge in [-0.3, -0.25) is 4.79 Å². The molecule has 5 atom stereocenters. The molecule has 0 aromatic rings. The van der Waals surface area contributed by atoms with Crippen molar-refractivity contribution in [3.05, 3.63) is 0 Å². The third kappa shape index (κ3) is 3.59. The summed E-state index contributed by atoms with van der Waals surface area (Å²) in [5.74, 6) is -2.20. The molecule has 4 rings (SSSR count). The van der Waals surface area contributed by atoms with E-state index in [2.05, 4.69) is 0 Å². The molecule has 0 saturated carbocycles. The van der Waals surface area contributed by atoms with Gasteiger partial charge < -0.3 is 37.9 Å². The second kappa shape index (κ2) is 6.53. The molecule has 28 heavy (non-hydrogen) atoms. The van der Waals surface area contributed by atoms with E-state index in [-0.39, 0.29) is 13.2 Å². The van der Waals surface area contributed by atoms with E-state index in [1.165, 1.54) is 0 Å². The van der Waals surface area contributed by atoms with Gasteiger partial charge in [-0.05, 0) is 34.6 Å². The lowest BCUT2D eigenvalue weighted by Gasteiger charge is -2.32. The minimum absolute atomic E-state index is 0.133. The molecule has 4 aliphatic heterocycles. The summed E-state index contributed by atoms with van der Waals surface area (Å²) in [7, 11) is 0. The quantitative estimate of drug-likeness (QED) is 0.637. The van der Waals surface area contributed by atoms with Gasteiger partial charge in [-0.1, -0.05) is 0 Å². The molecule has 4 heterocycles. The van der Waals surface area contributed by atoms with Crippen LogP contribution in [-0.2, 0) is 42.7 Å². The van der Waals surface area contributed by atoms with Gasteiger partial charge in [0.1, 0.15) is 36.9 Å². The van der Waals surface area contributed by atoms with Crippen LogP contribution in [0.15, 0.2) is 0 Å². The first-order valence-corrected chi connectivity index (χ1v) is 9.32. The van der Waals surface area contributed by atoms with Crippen LogP contribution in [0.2, 0.25) is 0 Å². The van der Waals surface area contributed by atoms with Crippen LogP contribution >= 0.6 is 0 Å². The number of carbonyl (C=O) groups is 2. The van der Waals surface area contributed by atoms with Crippen molar-refractivity contribution in [1.82, 2.24) is 0 Å². The Kier molecular flexibility index (Phi) is 4.63. The highest BCUT2D eigenvalue weighted by atomic mass is 16.8. The second-order valence-corrected chi connectivity index (χ2v) is 8.69. The molecule has 0 bridgehead atoms. The minimum Gasteiger partial charge on any atom is -0.433 e. The summed E-state index contributed by atoms with van der Waals surface area (Å²) in [4.78, 5) is 23.8. The van der Waals surface area contributed by atoms with Crippen molar-refractivity contribution in [2.75, 3.05) is 19.8 Å². The van der Waals surface area contributed by atoms with Gasteiger partial charge in [0.05, 0.1) is 6.61 Å². The fourth-order valence-electron chi connectivity index (χ4n) is 3.75. The largest absolute Gasteiger partial charge is 0.508 e. The molecule has 4 fully saturated rings. The van der Waals surface area contributed by atoms with Crippen LogP contribution in [0, 0.1) is 5.41 Å². The van der Waals surface area contributed by atoms with Gasteiger partial charge in [0, 0.05) is 0 Å². The summed E-state index contributed by atoms with van der Waals surface area (Å²) in [6.07, 6.45) is -3.82. The van der Waals surface area contributed by atoms with E-state index in [9.17, 15) is 9.59 Å². The highest BCUT2D eigenvalue weighted by Gasteiger charge is 2.61. The minimum atomic E-state index is -1.13. The van der Waals surface area contributed by atoms with Gasteiger partial charge in [0.15, 0.2) is 17.7 Å². The number of hydrogen-bond donors (Lipinski definition) is 0. The van der Waals surface area contributed by atoms with Crippen molar-refractivity contribution in [3.63, 3.8) is 0 Å². The number of cyclic esters (lactones) is 2. The highest BCUT2D eigenvalue weighted by molar-refractivity contribution is 5.78. The Bertz CT molecular complexity index is 649. The zero-order valence-corrected chi connectivity index (χ0v) is 16.6. The number of carbonyl (C=O) groups excluding carboxylic acids is 2. The SMILES string of the molecule is CC1(C)OC[C@@H](C2OC(OC(=O)C3(C)COC(=O)OC3)[C@H]3OC(C)(C)O[C@@H]23)O1. The standard InChI is InChI=1S/C18H26O10/c1-16(2)23-6-9(26-16)10-11-12(28-17(3,4)27-11)13(24-10)25-14(19)18(5)7-21-15(20)22-8-18/h9-13H,6-8H2,1-5H3/t9-,10?,11-,12-,13?/m0/s1. The van der Waals surface area contributed by atoms with E-state index < -0.39 is 59.8 Å². The van der Waals surface area contributed by atoms with Crippen molar-refractivity contribution in [3.8, 4) is 0 Å². The van der Waals surface area contributed by atoms with Crippen molar-refractivity contribution < 1.29 is 47.5 Å². The Morgan fingerprint density at radius 2 is 1.57 bits per heavy atom. The normalized spacial score (nSPS) is 40.5. The fourth-order valence-corrected chi connectivity index (χ4v) is 3.75. The van der Waals surface area contributed by atoms with Crippen LogP contribution in [0.5, 0.6) is 0 Å². The van der Waals surface area contributed by atoms with Crippen LogP contribution in [0.4, 0.5) is 4.79 Å². The molecule has 4 saturated heterocycles. The molecule has 0 amide bonds. The summed E-state index contributed by atoms with van der Waals surface area (Å²) in [5, 5.41) is 0. The molecular formula is C18H26O10. The molecule has 10 nitrogen and oxygen atoms in total. The summed E-state index contributed by atoms with van der Waals surface area (Å²) >= 11 is 0. The Morgan fingerprint density at radius 1 is 0.929 bits per heavy atom. The van der Waals surface area contributed by atoms with Crippen molar-refractivity contribution in [2.45, 2.75) is 76.9 Å². The first-order valence-electron chi connectivity index (χ1n) is 9.32. The van der Waals surface area contributed by atoms with Crippen LogP contribution in [0.25, 0.3) is 0 Å². The van der Waals surface area contributed by atoms with Crippen molar-refractivity contribution in [2.24, 2.45) is 5.41 Å². The number of fused-ring (bicyclic) bond motifs is 1. The second-order valence-electron chi connectivity index (χ2n) is 8.69. The van der Waals surface area contributed by atoms with Gasteiger partial charge in [0.2, 0.25) is 6.29 Å². The maximum absolute atomic E-state index is 12.7. The van der Waals surface area contributed by atoms with Crippen LogP contribution < -0.4 is 0 Å². The van der Waals surface area contributed by atoms with E-state index >= 15 is 0 Å². The van der Waals surface area contributed by atoms with E-state index in [0.717, 1.165) is 0 Å². The van der Waals surface area contributed by atoms with Crippen molar-refractivity contribution in [1.29, 1.82) is 0 Å². The molecular weight excluding hydrogens is 376 g/mol. The van der Waals surface area contributed by atoms with Gasteiger partial charge in [0.25, 0.3) is 0 Å². The Labute approximate surface area is 162 Å². The maximum Gasteiger partial charge on any atom is 0.508 e. The predicted octanol–water partition coefficient (Wildman–Crippen LogP) is 1.10. The molecule has 158 valence electrons. The number of ether oxygens (including phenoxy) is 8. The van der Waals surface area contributed by atoms with Crippen LogP contribution in [0.1, 0.15) is 34.6 Å². The van der Waals surface area contributed by atoms with Crippen LogP contribution in [0.3, 0.4) is 0 Å².